The Morgan fingerprint density at radius 3 is 2.73 bits per heavy atom. The number of aliphatic carboxylic acids is 1. The van der Waals surface area contributed by atoms with E-state index < -0.39 is 5.97 Å². The first-order valence-corrected chi connectivity index (χ1v) is 5.74. The molecule has 1 aliphatic rings. The molecule has 0 radical (unpaired) electrons. The average Bonchev–Trinajstić information content (AvgIpc) is 2.21. The summed E-state index contributed by atoms with van der Waals surface area (Å²) < 4.78 is 5.35. The SMILES string of the molecule is CCC(CC)N1CCOCC1CC(=O)O. The summed E-state index contributed by atoms with van der Waals surface area (Å²) in [5.41, 5.74) is 0. The first kappa shape index (κ1) is 12.5. The van der Waals surface area contributed by atoms with Gasteiger partial charge in [0, 0.05) is 18.6 Å². The first-order chi connectivity index (χ1) is 7.19. The van der Waals surface area contributed by atoms with Crippen molar-refractivity contribution in [1.82, 2.24) is 4.90 Å². The molecule has 0 saturated carbocycles. The number of carboxylic acids is 1. The van der Waals surface area contributed by atoms with Gasteiger partial charge < -0.3 is 9.84 Å². The minimum absolute atomic E-state index is 0.0566. The molecule has 0 aromatic rings. The fourth-order valence-electron chi connectivity index (χ4n) is 2.28. The number of hydrogen-bond donors (Lipinski definition) is 1. The Balaban J connectivity index is 2.59. The minimum Gasteiger partial charge on any atom is -0.481 e. The van der Waals surface area contributed by atoms with Gasteiger partial charge in [0.05, 0.1) is 19.6 Å². The van der Waals surface area contributed by atoms with Crippen molar-refractivity contribution in [3.8, 4) is 0 Å². The predicted octanol–water partition coefficient (Wildman–Crippen LogP) is 1.35. The van der Waals surface area contributed by atoms with Crippen LogP contribution in [0.4, 0.5) is 0 Å². The van der Waals surface area contributed by atoms with Crippen molar-refractivity contribution in [3.63, 3.8) is 0 Å². The zero-order valence-corrected chi connectivity index (χ0v) is 9.61. The van der Waals surface area contributed by atoms with Crippen LogP contribution in [0.3, 0.4) is 0 Å². The second kappa shape index (κ2) is 6.08. The third kappa shape index (κ3) is 3.47. The molecule has 1 aliphatic heterocycles. The van der Waals surface area contributed by atoms with Crippen LogP contribution in [0.5, 0.6) is 0 Å². The van der Waals surface area contributed by atoms with Crippen molar-refractivity contribution in [1.29, 1.82) is 0 Å². The van der Waals surface area contributed by atoms with Crippen molar-refractivity contribution in [2.45, 2.75) is 45.2 Å². The van der Waals surface area contributed by atoms with Crippen LogP contribution in [0.1, 0.15) is 33.1 Å². The lowest BCUT2D eigenvalue weighted by molar-refractivity contribution is -0.141. The second-order valence-electron chi connectivity index (χ2n) is 4.03. The first-order valence-electron chi connectivity index (χ1n) is 5.74. The monoisotopic (exact) mass is 215 g/mol. The fourth-order valence-corrected chi connectivity index (χ4v) is 2.28. The number of rotatable bonds is 5. The lowest BCUT2D eigenvalue weighted by atomic mass is 10.0. The summed E-state index contributed by atoms with van der Waals surface area (Å²) in [4.78, 5) is 13.0. The Morgan fingerprint density at radius 1 is 1.53 bits per heavy atom. The van der Waals surface area contributed by atoms with Crippen molar-refractivity contribution >= 4 is 5.97 Å². The number of nitrogens with zero attached hydrogens (tertiary/aromatic N) is 1. The van der Waals surface area contributed by atoms with Crippen LogP contribution in [0.25, 0.3) is 0 Å². The van der Waals surface area contributed by atoms with Crippen molar-refractivity contribution < 1.29 is 14.6 Å². The van der Waals surface area contributed by atoms with E-state index in [2.05, 4.69) is 18.7 Å². The molecule has 1 saturated heterocycles. The van der Waals surface area contributed by atoms with E-state index in [-0.39, 0.29) is 12.5 Å². The normalized spacial score (nSPS) is 23.3. The molecular weight excluding hydrogens is 194 g/mol. The van der Waals surface area contributed by atoms with Gasteiger partial charge >= 0.3 is 5.97 Å². The largest absolute Gasteiger partial charge is 0.481 e. The van der Waals surface area contributed by atoms with Crippen LogP contribution < -0.4 is 0 Å². The Bertz CT molecular complexity index is 204. The van der Waals surface area contributed by atoms with E-state index in [1.807, 2.05) is 0 Å². The third-order valence-electron chi connectivity index (χ3n) is 3.09. The Kier molecular flexibility index (Phi) is 5.05. The van der Waals surface area contributed by atoms with Crippen LogP contribution in [-0.4, -0.2) is 47.8 Å². The van der Waals surface area contributed by atoms with E-state index in [1.165, 1.54) is 0 Å². The maximum Gasteiger partial charge on any atom is 0.305 e. The molecule has 1 heterocycles. The summed E-state index contributed by atoms with van der Waals surface area (Å²) in [6.45, 7) is 6.46. The van der Waals surface area contributed by atoms with Crippen LogP contribution in [0.2, 0.25) is 0 Å². The standard InChI is InChI=1S/C11H21NO3/c1-3-9(4-2)12-5-6-15-8-10(12)7-11(13)14/h9-10H,3-8H2,1-2H3,(H,13,14). The number of carbonyl (C=O) groups is 1. The number of ether oxygens (including phenoxy) is 1. The summed E-state index contributed by atoms with van der Waals surface area (Å²) in [7, 11) is 0. The van der Waals surface area contributed by atoms with Gasteiger partial charge in [0.2, 0.25) is 0 Å². The molecule has 0 aromatic heterocycles. The Hall–Kier alpha value is -0.610. The van der Waals surface area contributed by atoms with E-state index in [9.17, 15) is 4.79 Å². The summed E-state index contributed by atoms with van der Waals surface area (Å²) >= 11 is 0. The molecule has 0 spiro atoms. The summed E-state index contributed by atoms with van der Waals surface area (Å²) in [5.74, 6) is -0.735. The van der Waals surface area contributed by atoms with Gasteiger partial charge in [0.15, 0.2) is 0 Å². The lowest BCUT2D eigenvalue weighted by Gasteiger charge is -2.40. The van der Waals surface area contributed by atoms with Gasteiger partial charge in [0.1, 0.15) is 0 Å². The molecule has 4 nitrogen and oxygen atoms in total. The molecule has 1 rings (SSSR count). The minimum atomic E-state index is -0.735. The Labute approximate surface area is 91.2 Å². The maximum absolute atomic E-state index is 10.7. The van der Waals surface area contributed by atoms with Gasteiger partial charge in [0.25, 0.3) is 0 Å². The molecule has 15 heavy (non-hydrogen) atoms. The number of carboxylic acid groups (broad SMARTS) is 1. The van der Waals surface area contributed by atoms with Crippen LogP contribution in [-0.2, 0) is 9.53 Å². The molecule has 1 unspecified atom stereocenters. The van der Waals surface area contributed by atoms with Crippen molar-refractivity contribution in [2.24, 2.45) is 0 Å². The van der Waals surface area contributed by atoms with Gasteiger partial charge in [-0.3, -0.25) is 9.69 Å². The van der Waals surface area contributed by atoms with E-state index >= 15 is 0 Å². The van der Waals surface area contributed by atoms with E-state index in [0.29, 0.717) is 12.6 Å². The van der Waals surface area contributed by atoms with Crippen molar-refractivity contribution in [3.05, 3.63) is 0 Å². The summed E-state index contributed by atoms with van der Waals surface area (Å²) in [6, 6.07) is 0.555. The van der Waals surface area contributed by atoms with Crippen LogP contribution >= 0.6 is 0 Å². The predicted molar refractivity (Wildman–Crippen MR) is 57.9 cm³/mol. The Morgan fingerprint density at radius 2 is 2.20 bits per heavy atom. The smallest absolute Gasteiger partial charge is 0.305 e. The molecule has 0 aliphatic carbocycles. The summed E-state index contributed by atoms with van der Waals surface area (Å²) in [5, 5.41) is 8.83. The van der Waals surface area contributed by atoms with Gasteiger partial charge in [-0.15, -0.1) is 0 Å². The molecule has 1 atom stereocenters. The molecule has 0 bridgehead atoms. The van der Waals surface area contributed by atoms with E-state index in [0.717, 1.165) is 26.0 Å². The van der Waals surface area contributed by atoms with Gasteiger partial charge in [-0.1, -0.05) is 13.8 Å². The highest BCUT2D eigenvalue weighted by Gasteiger charge is 2.29. The van der Waals surface area contributed by atoms with Crippen molar-refractivity contribution in [2.75, 3.05) is 19.8 Å². The molecule has 0 amide bonds. The molecule has 1 N–H and O–H groups in total. The highest BCUT2D eigenvalue weighted by molar-refractivity contribution is 5.67. The second-order valence-corrected chi connectivity index (χ2v) is 4.03. The van der Waals surface area contributed by atoms with Gasteiger partial charge in [-0.05, 0) is 12.8 Å². The lowest BCUT2D eigenvalue weighted by Crippen LogP contribution is -2.51. The molecule has 4 heteroatoms. The van der Waals surface area contributed by atoms with E-state index in [1.54, 1.807) is 0 Å². The number of hydrogen-bond acceptors (Lipinski definition) is 3. The molecule has 0 aromatic carbocycles. The van der Waals surface area contributed by atoms with Gasteiger partial charge in [-0.2, -0.15) is 0 Å². The average molecular weight is 215 g/mol. The molecule has 88 valence electrons. The fraction of sp³-hybridized carbons (Fsp3) is 0.909. The van der Waals surface area contributed by atoms with Crippen LogP contribution in [0, 0.1) is 0 Å². The highest BCUT2D eigenvalue weighted by atomic mass is 16.5. The zero-order chi connectivity index (χ0) is 11.3. The third-order valence-corrected chi connectivity index (χ3v) is 3.09. The molecule has 1 fully saturated rings. The quantitative estimate of drug-likeness (QED) is 0.752. The summed E-state index contributed by atoms with van der Waals surface area (Å²) in [6.07, 6.45) is 2.34. The van der Waals surface area contributed by atoms with Gasteiger partial charge in [-0.25, -0.2) is 0 Å². The number of morpholine rings is 1. The van der Waals surface area contributed by atoms with E-state index in [4.69, 9.17) is 9.84 Å². The molecular formula is C11H21NO3. The topological polar surface area (TPSA) is 49.8 Å². The zero-order valence-electron chi connectivity index (χ0n) is 9.61. The highest BCUT2D eigenvalue weighted by Crippen LogP contribution is 2.18. The maximum atomic E-state index is 10.7. The van der Waals surface area contributed by atoms with Crippen LogP contribution in [0.15, 0.2) is 0 Å².